The number of hydrogen-bond acceptors (Lipinski definition) is 6. The SMILES string of the molecule is CCOc1ccc(N2CCCCS2(=O)=O)cc1S(=O)(=O)NCCCN(C)C. The molecule has 1 saturated heterocycles. The monoisotopic (exact) mass is 419 g/mol. The summed E-state index contributed by atoms with van der Waals surface area (Å²) >= 11 is 0. The van der Waals surface area contributed by atoms with E-state index in [0.29, 0.717) is 31.7 Å². The zero-order chi connectivity index (χ0) is 20.1. The molecule has 1 fully saturated rings. The molecule has 1 aromatic carbocycles. The Morgan fingerprint density at radius 2 is 2.00 bits per heavy atom. The van der Waals surface area contributed by atoms with Gasteiger partial charge in [-0.3, -0.25) is 4.31 Å². The van der Waals surface area contributed by atoms with Gasteiger partial charge in [-0.2, -0.15) is 0 Å². The molecule has 0 unspecified atom stereocenters. The second kappa shape index (κ2) is 9.22. The van der Waals surface area contributed by atoms with E-state index in [-0.39, 0.29) is 22.9 Å². The van der Waals surface area contributed by atoms with Crippen molar-refractivity contribution in [3.63, 3.8) is 0 Å². The minimum atomic E-state index is -3.82. The second-order valence-electron chi connectivity index (χ2n) is 6.71. The van der Waals surface area contributed by atoms with Crippen molar-refractivity contribution in [1.82, 2.24) is 9.62 Å². The average Bonchev–Trinajstić information content (AvgIpc) is 2.59. The Labute approximate surface area is 162 Å². The maximum absolute atomic E-state index is 12.8. The van der Waals surface area contributed by atoms with E-state index in [1.807, 2.05) is 19.0 Å². The third kappa shape index (κ3) is 5.81. The van der Waals surface area contributed by atoms with Crippen molar-refractivity contribution >= 4 is 25.7 Å². The Bertz CT molecular complexity index is 838. The van der Waals surface area contributed by atoms with Crippen LogP contribution in [0.2, 0.25) is 0 Å². The molecule has 10 heteroatoms. The highest BCUT2D eigenvalue weighted by Crippen LogP contribution is 2.31. The minimum Gasteiger partial charge on any atom is -0.492 e. The predicted molar refractivity (Wildman–Crippen MR) is 106 cm³/mol. The zero-order valence-electron chi connectivity index (χ0n) is 16.1. The highest BCUT2D eigenvalue weighted by atomic mass is 32.2. The van der Waals surface area contributed by atoms with E-state index in [0.717, 1.165) is 13.0 Å². The molecule has 0 spiro atoms. The zero-order valence-corrected chi connectivity index (χ0v) is 17.8. The van der Waals surface area contributed by atoms with Gasteiger partial charge in [0.1, 0.15) is 10.6 Å². The smallest absolute Gasteiger partial charge is 0.244 e. The molecule has 0 aliphatic carbocycles. The average molecular weight is 420 g/mol. The van der Waals surface area contributed by atoms with Crippen LogP contribution in [0.3, 0.4) is 0 Å². The van der Waals surface area contributed by atoms with E-state index >= 15 is 0 Å². The van der Waals surface area contributed by atoms with Gasteiger partial charge in [-0.15, -0.1) is 0 Å². The summed E-state index contributed by atoms with van der Waals surface area (Å²) in [6.45, 7) is 3.48. The Kier molecular flexibility index (Phi) is 7.49. The normalized spacial score (nSPS) is 17.3. The van der Waals surface area contributed by atoms with Gasteiger partial charge < -0.3 is 9.64 Å². The summed E-state index contributed by atoms with van der Waals surface area (Å²) in [5.41, 5.74) is 0.354. The summed E-state index contributed by atoms with van der Waals surface area (Å²) in [7, 11) is -3.41. The van der Waals surface area contributed by atoms with Crippen LogP contribution in [-0.4, -0.2) is 67.8 Å². The van der Waals surface area contributed by atoms with Crippen LogP contribution in [0.1, 0.15) is 26.2 Å². The number of benzene rings is 1. The van der Waals surface area contributed by atoms with Gasteiger partial charge >= 0.3 is 0 Å². The Balaban J connectivity index is 2.32. The second-order valence-corrected chi connectivity index (χ2v) is 10.5. The summed E-state index contributed by atoms with van der Waals surface area (Å²) in [5, 5.41) is 0. The minimum absolute atomic E-state index is 0.0347. The van der Waals surface area contributed by atoms with Gasteiger partial charge in [0.25, 0.3) is 0 Å². The molecule has 1 N–H and O–H groups in total. The lowest BCUT2D eigenvalue weighted by Crippen LogP contribution is -2.38. The first kappa shape index (κ1) is 21.9. The first-order valence-corrected chi connectivity index (χ1v) is 12.2. The largest absolute Gasteiger partial charge is 0.492 e. The van der Waals surface area contributed by atoms with Gasteiger partial charge in [-0.05, 0) is 65.0 Å². The molecule has 0 radical (unpaired) electrons. The van der Waals surface area contributed by atoms with Crippen LogP contribution in [0.5, 0.6) is 5.75 Å². The maximum Gasteiger partial charge on any atom is 0.244 e. The molecule has 8 nitrogen and oxygen atoms in total. The van der Waals surface area contributed by atoms with Gasteiger partial charge in [0.05, 0.1) is 18.0 Å². The van der Waals surface area contributed by atoms with Gasteiger partial charge in [0.2, 0.25) is 20.0 Å². The van der Waals surface area contributed by atoms with Gasteiger partial charge in [0.15, 0.2) is 0 Å². The highest BCUT2D eigenvalue weighted by Gasteiger charge is 2.28. The van der Waals surface area contributed by atoms with Crippen molar-refractivity contribution in [2.24, 2.45) is 0 Å². The van der Waals surface area contributed by atoms with Crippen molar-refractivity contribution in [1.29, 1.82) is 0 Å². The van der Waals surface area contributed by atoms with Crippen molar-refractivity contribution in [2.75, 3.05) is 50.4 Å². The van der Waals surface area contributed by atoms with Crippen molar-refractivity contribution in [2.45, 2.75) is 31.1 Å². The first-order valence-electron chi connectivity index (χ1n) is 9.09. The molecule has 0 atom stereocenters. The number of rotatable bonds is 9. The fourth-order valence-electron chi connectivity index (χ4n) is 2.90. The number of nitrogens with one attached hydrogen (secondary N) is 1. The van der Waals surface area contributed by atoms with E-state index in [4.69, 9.17) is 4.74 Å². The number of nitrogens with zero attached hydrogens (tertiary/aromatic N) is 2. The van der Waals surface area contributed by atoms with Crippen LogP contribution >= 0.6 is 0 Å². The summed E-state index contributed by atoms with van der Waals surface area (Å²) < 4.78 is 59.6. The van der Waals surface area contributed by atoms with Crippen LogP contribution in [0.25, 0.3) is 0 Å². The van der Waals surface area contributed by atoms with Crippen molar-refractivity contribution < 1.29 is 21.6 Å². The third-order valence-corrected chi connectivity index (χ3v) is 7.58. The van der Waals surface area contributed by atoms with E-state index < -0.39 is 20.0 Å². The first-order chi connectivity index (χ1) is 12.7. The quantitative estimate of drug-likeness (QED) is 0.605. The van der Waals surface area contributed by atoms with E-state index in [1.165, 1.54) is 16.4 Å². The molecule has 0 bridgehead atoms. The Morgan fingerprint density at radius 1 is 1.26 bits per heavy atom. The Morgan fingerprint density at radius 3 is 2.63 bits per heavy atom. The van der Waals surface area contributed by atoms with Crippen molar-refractivity contribution in [3.8, 4) is 5.75 Å². The lowest BCUT2D eigenvalue weighted by molar-refractivity contribution is 0.331. The Hall–Kier alpha value is -1.36. The fraction of sp³-hybridized carbons (Fsp3) is 0.647. The molecule has 1 aliphatic rings. The number of hydrogen-bond donors (Lipinski definition) is 1. The molecule has 1 aromatic rings. The lowest BCUT2D eigenvalue weighted by Gasteiger charge is -2.28. The predicted octanol–water partition coefficient (Wildman–Crippen LogP) is 1.25. The molecule has 27 heavy (non-hydrogen) atoms. The van der Waals surface area contributed by atoms with E-state index in [2.05, 4.69) is 4.72 Å². The molecule has 2 rings (SSSR count). The molecule has 0 aromatic heterocycles. The topological polar surface area (TPSA) is 96.0 Å². The fourth-order valence-corrected chi connectivity index (χ4v) is 5.76. The van der Waals surface area contributed by atoms with Crippen LogP contribution < -0.4 is 13.8 Å². The van der Waals surface area contributed by atoms with Crippen LogP contribution in [0.4, 0.5) is 5.69 Å². The van der Waals surface area contributed by atoms with E-state index in [9.17, 15) is 16.8 Å². The molecule has 1 heterocycles. The van der Waals surface area contributed by atoms with Gasteiger partial charge in [0, 0.05) is 13.1 Å². The van der Waals surface area contributed by atoms with Crippen LogP contribution in [0.15, 0.2) is 23.1 Å². The standard InChI is InChI=1S/C17H29N3O5S2/c1-4-25-16-9-8-15(20-12-5-6-13-26(20,21)22)14-17(16)27(23,24)18-10-7-11-19(2)3/h8-9,14,18H,4-7,10-13H2,1-3H3. The van der Waals surface area contributed by atoms with E-state index in [1.54, 1.807) is 13.0 Å². The van der Waals surface area contributed by atoms with Gasteiger partial charge in [-0.25, -0.2) is 21.6 Å². The molecule has 154 valence electrons. The van der Waals surface area contributed by atoms with Gasteiger partial charge in [-0.1, -0.05) is 0 Å². The number of ether oxygens (including phenoxy) is 1. The molecular formula is C17H29N3O5S2. The lowest BCUT2D eigenvalue weighted by atomic mass is 10.2. The molecule has 0 amide bonds. The summed E-state index contributed by atoms with van der Waals surface area (Å²) in [5.74, 6) is 0.293. The number of sulfonamides is 2. The third-order valence-electron chi connectivity index (χ3n) is 4.23. The molecular weight excluding hydrogens is 390 g/mol. The highest BCUT2D eigenvalue weighted by molar-refractivity contribution is 7.92. The molecule has 1 aliphatic heterocycles. The maximum atomic E-state index is 12.8. The molecule has 0 saturated carbocycles. The summed E-state index contributed by atoms with van der Waals surface area (Å²) in [4.78, 5) is 1.94. The summed E-state index contributed by atoms with van der Waals surface area (Å²) in [6, 6.07) is 4.51. The summed E-state index contributed by atoms with van der Waals surface area (Å²) in [6.07, 6.45) is 2.03. The van der Waals surface area contributed by atoms with Crippen LogP contribution in [-0.2, 0) is 20.0 Å². The van der Waals surface area contributed by atoms with Crippen molar-refractivity contribution in [3.05, 3.63) is 18.2 Å². The number of anilines is 1. The van der Waals surface area contributed by atoms with Crippen LogP contribution in [0, 0.1) is 0 Å².